The van der Waals surface area contributed by atoms with Crippen LogP contribution in [-0.4, -0.2) is 23.4 Å². The minimum atomic E-state index is -0.538. The number of hydrogen-bond acceptors (Lipinski definition) is 3. The Kier molecular flexibility index (Phi) is 2.87. The Labute approximate surface area is 93.2 Å². The van der Waals surface area contributed by atoms with Crippen LogP contribution in [0.1, 0.15) is 17.9 Å². The van der Waals surface area contributed by atoms with Crippen molar-refractivity contribution in [3.05, 3.63) is 35.9 Å². The number of carbonyl (C=O) groups is 2. The van der Waals surface area contributed by atoms with E-state index in [4.69, 9.17) is 5.84 Å². The monoisotopic (exact) mass is 219 g/mol. The molecule has 2 rings (SSSR count). The second kappa shape index (κ2) is 4.32. The van der Waals surface area contributed by atoms with Crippen molar-refractivity contribution in [2.24, 2.45) is 5.84 Å². The van der Waals surface area contributed by atoms with Gasteiger partial charge in [-0.15, -0.1) is 0 Å². The Balaban J connectivity index is 2.13. The first-order valence-corrected chi connectivity index (χ1v) is 5.08. The fourth-order valence-electron chi connectivity index (χ4n) is 1.93. The van der Waals surface area contributed by atoms with Crippen molar-refractivity contribution in [1.29, 1.82) is 0 Å². The fourth-order valence-corrected chi connectivity index (χ4v) is 1.93. The van der Waals surface area contributed by atoms with E-state index < -0.39 is 6.03 Å². The first-order chi connectivity index (χ1) is 7.72. The van der Waals surface area contributed by atoms with Crippen LogP contribution in [0.4, 0.5) is 4.79 Å². The average molecular weight is 219 g/mol. The maximum absolute atomic E-state index is 11.6. The molecule has 0 aliphatic carbocycles. The quantitative estimate of drug-likeness (QED) is 0.412. The molecule has 1 heterocycles. The standard InChI is InChI=1S/C11H13N3O2/c12-13-11(16)14-7-9(6-10(14)15)8-4-2-1-3-5-8/h1-5,9H,6-7,12H2,(H,13,16)/t9-/m0/s1. The van der Waals surface area contributed by atoms with E-state index in [-0.39, 0.29) is 11.8 Å². The predicted molar refractivity (Wildman–Crippen MR) is 58.2 cm³/mol. The maximum atomic E-state index is 11.6. The van der Waals surface area contributed by atoms with Crippen molar-refractivity contribution in [3.63, 3.8) is 0 Å². The first kappa shape index (κ1) is 10.6. The number of hydrazine groups is 1. The third-order valence-electron chi connectivity index (χ3n) is 2.76. The molecule has 16 heavy (non-hydrogen) atoms. The zero-order chi connectivity index (χ0) is 11.5. The minimum absolute atomic E-state index is 0.0750. The highest BCUT2D eigenvalue weighted by atomic mass is 16.2. The van der Waals surface area contributed by atoms with Crippen molar-refractivity contribution in [1.82, 2.24) is 10.3 Å². The molecule has 1 aromatic carbocycles. The summed E-state index contributed by atoms with van der Waals surface area (Å²) in [6.45, 7) is 0.395. The molecule has 3 N–H and O–H groups in total. The molecule has 5 heteroatoms. The normalized spacial score (nSPS) is 19.9. The molecule has 0 unspecified atom stereocenters. The summed E-state index contributed by atoms with van der Waals surface area (Å²) in [5.41, 5.74) is 3.05. The van der Waals surface area contributed by atoms with Crippen molar-refractivity contribution in [2.45, 2.75) is 12.3 Å². The zero-order valence-corrected chi connectivity index (χ0v) is 8.72. The van der Waals surface area contributed by atoms with E-state index in [1.807, 2.05) is 35.8 Å². The summed E-state index contributed by atoms with van der Waals surface area (Å²) in [5.74, 6) is 4.90. The number of rotatable bonds is 1. The number of nitrogens with zero attached hydrogens (tertiary/aromatic N) is 1. The number of hydrogen-bond donors (Lipinski definition) is 2. The van der Waals surface area contributed by atoms with Crippen molar-refractivity contribution < 1.29 is 9.59 Å². The average Bonchev–Trinajstić information content (AvgIpc) is 2.71. The number of nitrogens with one attached hydrogen (secondary N) is 1. The van der Waals surface area contributed by atoms with Gasteiger partial charge in [0.05, 0.1) is 0 Å². The molecule has 3 amide bonds. The molecule has 84 valence electrons. The summed E-state index contributed by atoms with van der Waals surface area (Å²) in [4.78, 5) is 24.0. The van der Waals surface area contributed by atoms with Crippen molar-refractivity contribution >= 4 is 11.9 Å². The van der Waals surface area contributed by atoms with Crippen LogP contribution in [0.3, 0.4) is 0 Å². The Morgan fingerprint density at radius 1 is 1.38 bits per heavy atom. The summed E-state index contributed by atoms with van der Waals surface area (Å²) in [6.07, 6.45) is 0.359. The van der Waals surface area contributed by atoms with E-state index in [1.165, 1.54) is 0 Å². The van der Waals surface area contributed by atoms with Gasteiger partial charge in [-0.1, -0.05) is 30.3 Å². The largest absolute Gasteiger partial charge is 0.338 e. The Morgan fingerprint density at radius 3 is 2.69 bits per heavy atom. The summed E-state index contributed by atoms with van der Waals surface area (Å²) >= 11 is 0. The van der Waals surface area contributed by atoms with Crippen LogP contribution in [0.15, 0.2) is 30.3 Å². The highest BCUT2D eigenvalue weighted by Crippen LogP contribution is 2.27. The molecule has 0 bridgehead atoms. The van der Waals surface area contributed by atoms with Gasteiger partial charge in [-0.3, -0.25) is 15.1 Å². The molecule has 1 aliphatic rings. The van der Waals surface area contributed by atoms with Crippen LogP contribution in [0.2, 0.25) is 0 Å². The molecular weight excluding hydrogens is 206 g/mol. The summed E-state index contributed by atoms with van der Waals surface area (Å²) in [7, 11) is 0. The van der Waals surface area contributed by atoms with Gasteiger partial charge in [0.25, 0.3) is 0 Å². The van der Waals surface area contributed by atoms with E-state index in [1.54, 1.807) is 0 Å². The molecule has 0 radical (unpaired) electrons. The van der Waals surface area contributed by atoms with Crippen LogP contribution < -0.4 is 11.3 Å². The van der Waals surface area contributed by atoms with Gasteiger partial charge in [-0.25, -0.2) is 10.6 Å². The van der Waals surface area contributed by atoms with Gasteiger partial charge >= 0.3 is 6.03 Å². The van der Waals surface area contributed by atoms with E-state index in [2.05, 4.69) is 0 Å². The van der Waals surface area contributed by atoms with Gasteiger partial charge in [-0.2, -0.15) is 0 Å². The molecule has 1 fully saturated rings. The van der Waals surface area contributed by atoms with Crippen molar-refractivity contribution in [3.8, 4) is 0 Å². The molecule has 1 aliphatic heterocycles. The van der Waals surface area contributed by atoms with E-state index in [0.29, 0.717) is 13.0 Å². The van der Waals surface area contributed by atoms with Crippen LogP contribution >= 0.6 is 0 Å². The lowest BCUT2D eigenvalue weighted by Crippen LogP contribution is -2.44. The van der Waals surface area contributed by atoms with Crippen molar-refractivity contribution in [2.75, 3.05) is 6.54 Å². The van der Waals surface area contributed by atoms with Crippen LogP contribution in [0.25, 0.3) is 0 Å². The predicted octanol–water partition coefficient (Wildman–Crippen LogP) is 0.586. The lowest BCUT2D eigenvalue weighted by atomic mass is 9.99. The van der Waals surface area contributed by atoms with Crippen LogP contribution in [0.5, 0.6) is 0 Å². The number of amides is 3. The summed E-state index contributed by atoms with van der Waals surface area (Å²) < 4.78 is 0. The van der Waals surface area contributed by atoms with Crippen LogP contribution in [-0.2, 0) is 4.79 Å². The highest BCUT2D eigenvalue weighted by Gasteiger charge is 2.34. The molecule has 1 saturated heterocycles. The number of likely N-dealkylation sites (tertiary alicyclic amines) is 1. The molecule has 0 spiro atoms. The topological polar surface area (TPSA) is 75.4 Å². The van der Waals surface area contributed by atoms with Gasteiger partial charge < -0.3 is 0 Å². The van der Waals surface area contributed by atoms with E-state index in [9.17, 15) is 9.59 Å². The lowest BCUT2D eigenvalue weighted by molar-refractivity contribution is -0.125. The van der Waals surface area contributed by atoms with Gasteiger partial charge in [0.1, 0.15) is 0 Å². The maximum Gasteiger partial charge on any atom is 0.338 e. The van der Waals surface area contributed by atoms with E-state index >= 15 is 0 Å². The van der Waals surface area contributed by atoms with Gasteiger partial charge in [0, 0.05) is 18.9 Å². The molecule has 5 nitrogen and oxygen atoms in total. The van der Waals surface area contributed by atoms with Gasteiger partial charge in [0.15, 0.2) is 0 Å². The van der Waals surface area contributed by atoms with E-state index in [0.717, 1.165) is 10.5 Å². The minimum Gasteiger partial charge on any atom is -0.275 e. The molecule has 0 aromatic heterocycles. The molecule has 1 atom stereocenters. The fraction of sp³-hybridized carbons (Fsp3) is 0.273. The first-order valence-electron chi connectivity index (χ1n) is 5.08. The summed E-state index contributed by atoms with van der Waals surface area (Å²) in [6, 6.07) is 9.15. The molecule has 0 saturated carbocycles. The summed E-state index contributed by atoms with van der Waals surface area (Å²) in [5, 5.41) is 0. The highest BCUT2D eigenvalue weighted by molar-refractivity contribution is 5.96. The second-order valence-electron chi connectivity index (χ2n) is 3.77. The molecule has 1 aromatic rings. The lowest BCUT2D eigenvalue weighted by Gasteiger charge is -2.13. The SMILES string of the molecule is NNC(=O)N1C[C@@H](c2ccccc2)CC1=O. The third-order valence-corrected chi connectivity index (χ3v) is 2.76. The second-order valence-corrected chi connectivity index (χ2v) is 3.77. The van der Waals surface area contributed by atoms with Gasteiger partial charge in [-0.05, 0) is 5.56 Å². The molecular formula is C11H13N3O2. The number of carbonyl (C=O) groups excluding carboxylic acids is 2. The Bertz CT molecular complexity index is 405. The Morgan fingerprint density at radius 2 is 2.06 bits per heavy atom. The van der Waals surface area contributed by atoms with Crippen LogP contribution in [0, 0.1) is 0 Å². The number of imide groups is 1. The smallest absolute Gasteiger partial charge is 0.275 e. The number of nitrogens with two attached hydrogens (primary N) is 1. The zero-order valence-electron chi connectivity index (χ0n) is 8.72. The van der Waals surface area contributed by atoms with Gasteiger partial charge in [0.2, 0.25) is 5.91 Å². The number of urea groups is 1. The Hall–Kier alpha value is -1.88. The third kappa shape index (κ3) is 1.90. The number of benzene rings is 1.